The second kappa shape index (κ2) is 6.57. The number of phenols is 2. The summed E-state index contributed by atoms with van der Waals surface area (Å²) in [5.74, 6) is -0.912. The molecule has 0 heterocycles. The molecule has 2 aromatic rings. The lowest BCUT2D eigenvalue weighted by atomic mass is 9.83. The Bertz CT molecular complexity index is 760. The molecule has 2 aromatic carbocycles. The first-order chi connectivity index (χ1) is 11.5. The molecule has 0 radical (unpaired) electrons. The molecule has 0 saturated heterocycles. The number of benzene rings is 2. The van der Waals surface area contributed by atoms with Crippen LogP contribution < -0.4 is 0 Å². The molecule has 0 amide bonds. The number of thioether (sulfide) groups is 1. The maximum Gasteiger partial charge on any atom is 0.315 e. The molecule has 0 unspecified atom stereocenters. The van der Waals surface area contributed by atoms with Gasteiger partial charge >= 0.3 is 5.97 Å². The summed E-state index contributed by atoms with van der Waals surface area (Å²) < 4.78 is 4.95. The fourth-order valence-electron chi connectivity index (χ4n) is 2.87. The van der Waals surface area contributed by atoms with Gasteiger partial charge in [0.05, 0.1) is 28.7 Å². The van der Waals surface area contributed by atoms with Crippen LogP contribution in [-0.2, 0) is 9.53 Å². The summed E-state index contributed by atoms with van der Waals surface area (Å²) in [5.41, 5.74) is 1.61. The van der Waals surface area contributed by atoms with Crippen LogP contribution in [0.2, 0.25) is 0 Å². The van der Waals surface area contributed by atoms with Gasteiger partial charge in [-0.05, 0) is 30.2 Å². The van der Waals surface area contributed by atoms with Gasteiger partial charge in [-0.15, -0.1) is 11.8 Å². The third-order valence-electron chi connectivity index (χ3n) is 3.84. The van der Waals surface area contributed by atoms with E-state index >= 15 is 0 Å². The van der Waals surface area contributed by atoms with E-state index in [2.05, 4.69) is 0 Å². The van der Waals surface area contributed by atoms with Crippen LogP contribution in [0.3, 0.4) is 0 Å². The van der Waals surface area contributed by atoms with Crippen molar-refractivity contribution >= 4 is 23.5 Å². The molecule has 0 atom stereocenters. The number of rotatable bonds is 4. The van der Waals surface area contributed by atoms with Gasteiger partial charge in [0.25, 0.3) is 0 Å². The Kier molecular flexibility index (Phi) is 4.49. The smallest absolute Gasteiger partial charge is 0.315 e. The number of fused-ring (bicyclic) bond motifs is 2. The molecule has 124 valence electrons. The van der Waals surface area contributed by atoms with E-state index in [-0.39, 0.29) is 39.6 Å². The molecule has 0 aliphatic heterocycles. The largest absolute Gasteiger partial charge is 0.507 e. The molecule has 0 fully saturated rings. The van der Waals surface area contributed by atoms with E-state index in [1.165, 1.54) is 23.9 Å². The van der Waals surface area contributed by atoms with Gasteiger partial charge in [-0.1, -0.05) is 24.3 Å². The maximum atomic E-state index is 12.7. The first-order valence-corrected chi connectivity index (χ1v) is 8.55. The number of carbonyl (C=O) groups excluding carboxylic acids is 2. The Hall–Kier alpha value is -2.47. The van der Waals surface area contributed by atoms with Crippen LogP contribution in [0.25, 0.3) is 0 Å². The summed E-state index contributed by atoms with van der Waals surface area (Å²) in [6.45, 7) is 2.04. The second-order valence-corrected chi connectivity index (χ2v) is 6.40. The van der Waals surface area contributed by atoms with Crippen LogP contribution in [-0.4, -0.2) is 34.3 Å². The number of carbonyl (C=O) groups is 2. The highest BCUT2D eigenvalue weighted by Crippen LogP contribution is 2.47. The zero-order valence-electron chi connectivity index (χ0n) is 13.0. The normalized spacial score (nSPS) is 13.3. The molecule has 0 aromatic heterocycles. The summed E-state index contributed by atoms with van der Waals surface area (Å²) in [6, 6.07) is 9.70. The SMILES string of the molecule is CCOC(=O)CSC1c2cccc(O)c2C(=O)c2c(O)cccc21. The molecular formula is C18H16O5S. The van der Waals surface area contributed by atoms with Crippen molar-refractivity contribution in [3.05, 3.63) is 58.7 Å². The Balaban J connectivity index is 2.07. The van der Waals surface area contributed by atoms with Gasteiger partial charge in [-0.2, -0.15) is 0 Å². The number of phenolic OH excluding ortho intramolecular Hbond substituents is 2. The molecule has 3 rings (SSSR count). The molecule has 24 heavy (non-hydrogen) atoms. The van der Waals surface area contributed by atoms with Gasteiger partial charge < -0.3 is 14.9 Å². The van der Waals surface area contributed by atoms with E-state index in [1.807, 2.05) is 0 Å². The zero-order valence-corrected chi connectivity index (χ0v) is 13.8. The molecule has 1 aliphatic carbocycles. The Morgan fingerprint density at radius 2 is 1.62 bits per heavy atom. The first-order valence-electron chi connectivity index (χ1n) is 7.50. The van der Waals surface area contributed by atoms with Gasteiger partial charge in [-0.3, -0.25) is 9.59 Å². The first kappa shape index (κ1) is 16.4. The fourth-order valence-corrected chi connectivity index (χ4v) is 4.01. The quantitative estimate of drug-likeness (QED) is 0.830. The van der Waals surface area contributed by atoms with Crippen LogP contribution in [0, 0.1) is 0 Å². The number of aromatic hydroxyl groups is 2. The Labute approximate surface area is 143 Å². The number of ether oxygens (including phenoxy) is 1. The molecule has 6 heteroatoms. The standard InChI is InChI=1S/C18H16O5S/c1-2-23-14(21)9-24-18-10-5-3-7-12(19)15(10)17(22)16-11(18)6-4-8-13(16)20/h3-8,18-20H,2,9H2,1H3. The van der Waals surface area contributed by atoms with Crippen LogP contribution in [0.1, 0.15) is 39.2 Å². The van der Waals surface area contributed by atoms with Crippen molar-refractivity contribution in [3.63, 3.8) is 0 Å². The number of hydrogen-bond donors (Lipinski definition) is 2. The topological polar surface area (TPSA) is 83.8 Å². The third-order valence-corrected chi connectivity index (χ3v) is 5.09. The zero-order chi connectivity index (χ0) is 17.3. The van der Waals surface area contributed by atoms with E-state index < -0.39 is 5.78 Å². The van der Waals surface area contributed by atoms with Crippen LogP contribution in [0.5, 0.6) is 11.5 Å². The molecule has 0 bridgehead atoms. The van der Waals surface area contributed by atoms with Gasteiger partial charge in [0, 0.05) is 0 Å². The Morgan fingerprint density at radius 1 is 1.08 bits per heavy atom. The molecule has 5 nitrogen and oxygen atoms in total. The number of hydrogen-bond acceptors (Lipinski definition) is 6. The van der Waals surface area contributed by atoms with Gasteiger partial charge in [-0.25, -0.2) is 0 Å². The predicted octanol–water partition coefficient (Wildman–Crippen LogP) is 3.03. The average Bonchev–Trinajstić information content (AvgIpc) is 2.54. The molecule has 2 N–H and O–H groups in total. The summed E-state index contributed by atoms with van der Waals surface area (Å²) >= 11 is 1.30. The number of ketones is 1. The fraction of sp³-hybridized carbons (Fsp3) is 0.222. The van der Waals surface area contributed by atoms with Crippen LogP contribution in [0.4, 0.5) is 0 Å². The van der Waals surface area contributed by atoms with E-state index in [9.17, 15) is 19.8 Å². The van der Waals surface area contributed by atoms with Crippen LogP contribution in [0.15, 0.2) is 36.4 Å². The second-order valence-electron chi connectivity index (χ2n) is 5.31. The monoisotopic (exact) mass is 344 g/mol. The van der Waals surface area contributed by atoms with Crippen molar-refractivity contribution in [2.45, 2.75) is 12.2 Å². The van der Waals surface area contributed by atoms with E-state index in [0.717, 1.165) is 0 Å². The summed E-state index contributed by atoms with van der Waals surface area (Å²) in [5, 5.41) is 19.9. The average molecular weight is 344 g/mol. The van der Waals surface area contributed by atoms with Crippen molar-refractivity contribution in [1.29, 1.82) is 0 Å². The lowest BCUT2D eigenvalue weighted by molar-refractivity contribution is -0.139. The number of esters is 1. The van der Waals surface area contributed by atoms with Crippen molar-refractivity contribution in [1.82, 2.24) is 0 Å². The third kappa shape index (κ3) is 2.73. The van der Waals surface area contributed by atoms with Gasteiger partial charge in [0.1, 0.15) is 11.5 Å². The molecule has 0 spiro atoms. The van der Waals surface area contributed by atoms with E-state index in [0.29, 0.717) is 17.7 Å². The molecule has 0 saturated carbocycles. The minimum atomic E-state index is -0.413. The molecular weight excluding hydrogens is 328 g/mol. The lowest BCUT2D eigenvalue weighted by Crippen LogP contribution is -2.19. The summed E-state index contributed by atoms with van der Waals surface area (Å²) in [6.07, 6.45) is 0. The minimum absolute atomic E-state index is 0.108. The van der Waals surface area contributed by atoms with Crippen molar-refractivity contribution in [2.24, 2.45) is 0 Å². The highest BCUT2D eigenvalue weighted by Gasteiger charge is 2.35. The Morgan fingerprint density at radius 3 is 2.12 bits per heavy atom. The highest BCUT2D eigenvalue weighted by molar-refractivity contribution is 8.00. The van der Waals surface area contributed by atoms with Crippen molar-refractivity contribution in [2.75, 3.05) is 12.4 Å². The van der Waals surface area contributed by atoms with Crippen molar-refractivity contribution < 1.29 is 24.5 Å². The summed E-state index contributed by atoms with van der Waals surface area (Å²) in [4.78, 5) is 24.4. The molecule has 1 aliphatic rings. The van der Waals surface area contributed by atoms with Gasteiger partial charge in [0.2, 0.25) is 5.78 Å². The maximum absolute atomic E-state index is 12.7. The highest BCUT2D eigenvalue weighted by atomic mass is 32.2. The van der Waals surface area contributed by atoms with E-state index in [4.69, 9.17) is 4.74 Å². The van der Waals surface area contributed by atoms with Crippen molar-refractivity contribution in [3.8, 4) is 11.5 Å². The van der Waals surface area contributed by atoms with Gasteiger partial charge in [0.15, 0.2) is 0 Å². The lowest BCUT2D eigenvalue weighted by Gasteiger charge is -2.27. The van der Waals surface area contributed by atoms with Crippen LogP contribution >= 0.6 is 11.8 Å². The van der Waals surface area contributed by atoms with E-state index in [1.54, 1.807) is 31.2 Å². The minimum Gasteiger partial charge on any atom is -0.507 e. The summed E-state index contributed by atoms with van der Waals surface area (Å²) in [7, 11) is 0. The predicted molar refractivity (Wildman–Crippen MR) is 90.6 cm³/mol.